The van der Waals surface area contributed by atoms with E-state index < -0.39 is 0 Å². The number of phenolic OH excluding ortho intramolecular Hbond substituents is 1. The van der Waals surface area contributed by atoms with Crippen LogP contribution < -0.4 is 0 Å². The molecule has 0 spiro atoms. The van der Waals surface area contributed by atoms with Gasteiger partial charge in [0.1, 0.15) is 5.75 Å². The van der Waals surface area contributed by atoms with Crippen LogP contribution in [0, 0.1) is 0 Å². The molecule has 2 heteroatoms. The minimum Gasteiger partial charge on any atom is -0.508 e. The summed E-state index contributed by atoms with van der Waals surface area (Å²) in [6.07, 6.45) is 2.20. The summed E-state index contributed by atoms with van der Waals surface area (Å²) >= 11 is 0. The van der Waals surface area contributed by atoms with E-state index in [9.17, 15) is 5.11 Å². The number of aromatic hydroxyl groups is 1. The number of phenols is 1. The molecule has 1 aromatic carbocycles. The topological polar surface area (TPSA) is 23.5 Å². The van der Waals surface area contributed by atoms with E-state index in [4.69, 9.17) is 0 Å². The van der Waals surface area contributed by atoms with Crippen LogP contribution in [0.1, 0.15) is 5.56 Å². The van der Waals surface area contributed by atoms with Gasteiger partial charge in [-0.2, -0.15) is 0 Å². The lowest BCUT2D eigenvalue weighted by atomic mass is 10.1. The molecule has 68 valence electrons. The highest BCUT2D eigenvalue weighted by Gasteiger charge is 2.11. The van der Waals surface area contributed by atoms with Crippen molar-refractivity contribution in [1.82, 2.24) is 4.90 Å². The van der Waals surface area contributed by atoms with E-state index in [1.54, 1.807) is 6.07 Å². The quantitative estimate of drug-likeness (QED) is 0.702. The van der Waals surface area contributed by atoms with E-state index >= 15 is 0 Å². The summed E-state index contributed by atoms with van der Waals surface area (Å²) in [5.74, 6) is 0.341. The summed E-state index contributed by atoms with van der Waals surface area (Å²) < 4.78 is 0. The summed E-state index contributed by atoms with van der Waals surface area (Å²) in [6, 6.07) is 7.42. The Morgan fingerprint density at radius 3 is 2.85 bits per heavy atom. The molecule has 1 aliphatic heterocycles. The van der Waals surface area contributed by atoms with Crippen LogP contribution in [0.5, 0.6) is 5.75 Å². The van der Waals surface area contributed by atoms with E-state index in [-0.39, 0.29) is 0 Å². The highest BCUT2D eigenvalue weighted by atomic mass is 16.3. The molecular formula is C11H13NO. The molecule has 2 rings (SSSR count). The van der Waals surface area contributed by atoms with Crippen LogP contribution in [0.25, 0.3) is 5.57 Å². The van der Waals surface area contributed by atoms with Gasteiger partial charge in [0.25, 0.3) is 0 Å². The van der Waals surface area contributed by atoms with Crippen molar-refractivity contribution in [3.63, 3.8) is 0 Å². The second-order valence-corrected chi connectivity index (χ2v) is 3.48. The van der Waals surface area contributed by atoms with Gasteiger partial charge in [-0.05, 0) is 30.3 Å². The lowest BCUT2D eigenvalue weighted by molar-refractivity contribution is 0.438. The molecule has 0 fully saturated rings. The van der Waals surface area contributed by atoms with E-state index in [0.29, 0.717) is 5.75 Å². The third-order valence-corrected chi connectivity index (χ3v) is 2.31. The molecular weight excluding hydrogens is 162 g/mol. The predicted molar refractivity (Wildman–Crippen MR) is 53.6 cm³/mol. The summed E-state index contributed by atoms with van der Waals surface area (Å²) in [6.45, 7) is 1.98. The molecule has 1 N–H and O–H groups in total. The third kappa shape index (κ3) is 1.73. The molecule has 0 bridgehead atoms. The highest BCUT2D eigenvalue weighted by molar-refractivity contribution is 5.69. The van der Waals surface area contributed by atoms with Crippen molar-refractivity contribution in [2.45, 2.75) is 0 Å². The Balaban J connectivity index is 2.26. The van der Waals surface area contributed by atoms with Crippen LogP contribution in [-0.4, -0.2) is 30.1 Å². The molecule has 0 aromatic heterocycles. The zero-order valence-corrected chi connectivity index (χ0v) is 7.70. The Kier molecular flexibility index (Phi) is 2.07. The molecule has 0 saturated carbocycles. The van der Waals surface area contributed by atoms with Gasteiger partial charge in [0.15, 0.2) is 0 Å². The van der Waals surface area contributed by atoms with E-state index in [0.717, 1.165) is 18.7 Å². The summed E-state index contributed by atoms with van der Waals surface area (Å²) in [5, 5.41) is 9.30. The Morgan fingerprint density at radius 1 is 1.38 bits per heavy atom. The summed E-state index contributed by atoms with van der Waals surface area (Å²) in [5.41, 5.74) is 2.43. The van der Waals surface area contributed by atoms with Gasteiger partial charge in [-0.15, -0.1) is 0 Å². The van der Waals surface area contributed by atoms with Crippen LogP contribution in [0.2, 0.25) is 0 Å². The number of rotatable bonds is 1. The Bertz CT molecular complexity index is 344. The Labute approximate surface area is 78.1 Å². The highest BCUT2D eigenvalue weighted by Crippen LogP contribution is 2.22. The molecule has 1 aliphatic rings. The van der Waals surface area contributed by atoms with Gasteiger partial charge in [0, 0.05) is 13.1 Å². The van der Waals surface area contributed by atoms with E-state index in [1.165, 1.54) is 5.57 Å². The monoisotopic (exact) mass is 175 g/mol. The molecule has 0 aliphatic carbocycles. The molecule has 0 unspecified atom stereocenters. The second-order valence-electron chi connectivity index (χ2n) is 3.48. The van der Waals surface area contributed by atoms with Crippen LogP contribution in [0.3, 0.4) is 0 Å². The van der Waals surface area contributed by atoms with Crippen molar-refractivity contribution in [2.75, 3.05) is 20.1 Å². The molecule has 0 radical (unpaired) electrons. The van der Waals surface area contributed by atoms with E-state index in [2.05, 4.69) is 18.0 Å². The maximum absolute atomic E-state index is 9.30. The molecule has 2 nitrogen and oxygen atoms in total. The van der Waals surface area contributed by atoms with Crippen LogP contribution in [-0.2, 0) is 0 Å². The first-order valence-electron chi connectivity index (χ1n) is 4.43. The van der Waals surface area contributed by atoms with Crippen LogP contribution in [0.15, 0.2) is 30.3 Å². The van der Waals surface area contributed by atoms with Gasteiger partial charge in [0.05, 0.1) is 0 Å². The average molecular weight is 175 g/mol. The lowest BCUT2D eigenvalue weighted by Crippen LogP contribution is -2.13. The van der Waals surface area contributed by atoms with Crippen molar-refractivity contribution in [3.8, 4) is 5.75 Å². The lowest BCUT2D eigenvalue weighted by Gasteiger charge is -2.07. The average Bonchev–Trinajstić information content (AvgIpc) is 2.52. The van der Waals surface area contributed by atoms with Crippen LogP contribution >= 0.6 is 0 Å². The smallest absolute Gasteiger partial charge is 0.116 e. The van der Waals surface area contributed by atoms with Gasteiger partial charge in [0.2, 0.25) is 0 Å². The van der Waals surface area contributed by atoms with Gasteiger partial charge in [-0.1, -0.05) is 18.2 Å². The van der Waals surface area contributed by atoms with Gasteiger partial charge >= 0.3 is 0 Å². The fourth-order valence-corrected chi connectivity index (χ4v) is 1.60. The first kappa shape index (κ1) is 8.32. The Hall–Kier alpha value is -1.28. The minimum atomic E-state index is 0.341. The fraction of sp³-hybridized carbons (Fsp3) is 0.273. The van der Waals surface area contributed by atoms with Crippen molar-refractivity contribution < 1.29 is 5.11 Å². The zero-order valence-electron chi connectivity index (χ0n) is 7.70. The molecule has 0 atom stereocenters. The number of hydrogen-bond acceptors (Lipinski definition) is 2. The van der Waals surface area contributed by atoms with Gasteiger partial charge in [-0.25, -0.2) is 0 Å². The molecule has 0 amide bonds. The van der Waals surface area contributed by atoms with Crippen molar-refractivity contribution in [1.29, 1.82) is 0 Å². The van der Waals surface area contributed by atoms with Crippen LogP contribution in [0.4, 0.5) is 0 Å². The normalized spacial score (nSPS) is 17.5. The van der Waals surface area contributed by atoms with Gasteiger partial charge < -0.3 is 5.11 Å². The maximum atomic E-state index is 9.30. The number of hydrogen-bond donors (Lipinski definition) is 1. The largest absolute Gasteiger partial charge is 0.508 e. The maximum Gasteiger partial charge on any atom is 0.116 e. The Morgan fingerprint density at radius 2 is 2.23 bits per heavy atom. The standard InChI is InChI=1S/C11H13NO/c1-12-6-5-10(8-12)9-3-2-4-11(13)7-9/h2-5,7,13H,6,8H2,1H3. The first-order valence-corrected chi connectivity index (χ1v) is 4.43. The summed E-state index contributed by atoms with van der Waals surface area (Å²) in [7, 11) is 2.09. The number of likely N-dealkylation sites (N-methyl/N-ethyl adjacent to an activating group) is 1. The molecule has 1 aromatic rings. The number of nitrogens with zero attached hydrogens (tertiary/aromatic N) is 1. The second kappa shape index (κ2) is 3.23. The predicted octanol–water partition coefficient (Wildman–Crippen LogP) is 1.72. The molecule has 1 heterocycles. The zero-order chi connectivity index (χ0) is 9.26. The number of benzene rings is 1. The summed E-state index contributed by atoms with van der Waals surface area (Å²) in [4.78, 5) is 2.24. The van der Waals surface area contributed by atoms with Crippen molar-refractivity contribution >= 4 is 5.57 Å². The first-order chi connectivity index (χ1) is 6.25. The third-order valence-electron chi connectivity index (χ3n) is 2.31. The van der Waals surface area contributed by atoms with Gasteiger partial charge in [-0.3, -0.25) is 4.90 Å². The SMILES string of the molecule is CN1CC=C(c2cccc(O)c2)C1. The van der Waals surface area contributed by atoms with Crippen molar-refractivity contribution in [3.05, 3.63) is 35.9 Å². The van der Waals surface area contributed by atoms with Crippen molar-refractivity contribution in [2.24, 2.45) is 0 Å². The molecule has 13 heavy (non-hydrogen) atoms. The fourth-order valence-electron chi connectivity index (χ4n) is 1.60. The molecule has 0 saturated heterocycles. The minimum absolute atomic E-state index is 0.341. The van der Waals surface area contributed by atoms with E-state index in [1.807, 2.05) is 18.2 Å².